The predicted octanol–water partition coefficient (Wildman–Crippen LogP) is 2.79. The summed E-state index contributed by atoms with van der Waals surface area (Å²) in [7, 11) is 0. The van der Waals surface area contributed by atoms with Crippen molar-refractivity contribution >= 4 is 10.9 Å². The van der Waals surface area contributed by atoms with Gasteiger partial charge in [0, 0.05) is 11.6 Å². The normalized spacial score (nSPS) is 13.9. The summed E-state index contributed by atoms with van der Waals surface area (Å²) in [5.41, 5.74) is 5.12. The van der Waals surface area contributed by atoms with Gasteiger partial charge < -0.3 is 0 Å². The van der Waals surface area contributed by atoms with E-state index in [9.17, 15) is 0 Å². The van der Waals surface area contributed by atoms with E-state index in [0.29, 0.717) is 0 Å². The lowest BCUT2D eigenvalue weighted by atomic mass is 9.82. The molecule has 0 radical (unpaired) electrons. The minimum Gasteiger partial charge on any atom is -0.271 e. The van der Waals surface area contributed by atoms with Gasteiger partial charge in [0.15, 0.2) is 0 Å². The zero-order chi connectivity index (χ0) is 12.5. The van der Waals surface area contributed by atoms with E-state index in [-0.39, 0.29) is 11.5 Å². The second kappa shape index (κ2) is 4.43. The van der Waals surface area contributed by atoms with Gasteiger partial charge in [-0.2, -0.15) is 0 Å². The first-order valence-electron chi connectivity index (χ1n) is 5.84. The fourth-order valence-corrected chi connectivity index (χ4v) is 2.17. The van der Waals surface area contributed by atoms with Crippen LogP contribution in [0.5, 0.6) is 0 Å². The average Bonchev–Trinajstić information content (AvgIpc) is 2.28. The Morgan fingerprint density at radius 2 is 1.88 bits per heavy atom. The highest BCUT2D eigenvalue weighted by Crippen LogP contribution is 2.34. The zero-order valence-electron chi connectivity index (χ0n) is 10.6. The van der Waals surface area contributed by atoms with Crippen LogP contribution >= 0.6 is 0 Å². The van der Waals surface area contributed by atoms with Gasteiger partial charge in [0.2, 0.25) is 0 Å². The third-order valence-corrected chi connectivity index (χ3v) is 3.01. The predicted molar refractivity (Wildman–Crippen MR) is 71.3 cm³/mol. The maximum absolute atomic E-state index is 5.70. The highest BCUT2D eigenvalue weighted by molar-refractivity contribution is 5.82. The number of nitrogens with zero attached hydrogens (tertiary/aromatic N) is 1. The molecule has 3 nitrogen and oxygen atoms in total. The van der Waals surface area contributed by atoms with Crippen LogP contribution in [0.1, 0.15) is 32.4 Å². The Balaban J connectivity index is 2.62. The molecule has 1 aromatic heterocycles. The molecule has 0 aliphatic rings. The summed E-state index contributed by atoms with van der Waals surface area (Å²) in [5, 5.41) is 1.15. The molecule has 90 valence electrons. The smallest absolute Gasteiger partial charge is 0.0750 e. The van der Waals surface area contributed by atoms with Crippen LogP contribution in [0.2, 0.25) is 0 Å². The van der Waals surface area contributed by atoms with E-state index in [1.807, 2.05) is 12.3 Å². The Hall–Kier alpha value is -1.45. The molecule has 2 aromatic rings. The van der Waals surface area contributed by atoms with Crippen LogP contribution in [0.15, 0.2) is 36.5 Å². The largest absolute Gasteiger partial charge is 0.271 e. The van der Waals surface area contributed by atoms with Crippen molar-refractivity contribution in [2.75, 3.05) is 0 Å². The molecule has 17 heavy (non-hydrogen) atoms. The number of nitrogens with two attached hydrogens (primary N) is 1. The molecule has 0 bridgehead atoms. The molecule has 3 heteroatoms. The highest BCUT2D eigenvalue weighted by Gasteiger charge is 2.26. The third-order valence-electron chi connectivity index (χ3n) is 3.01. The maximum Gasteiger partial charge on any atom is 0.0750 e. The number of aromatic nitrogens is 1. The van der Waals surface area contributed by atoms with E-state index >= 15 is 0 Å². The molecule has 0 fully saturated rings. The van der Waals surface area contributed by atoms with E-state index in [2.05, 4.69) is 55.4 Å². The molecule has 1 aromatic carbocycles. The summed E-state index contributed by atoms with van der Waals surface area (Å²) in [4.78, 5) is 4.47. The quantitative estimate of drug-likeness (QED) is 0.615. The summed E-state index contributed by atoms with van der Waals surface area (Å²) >= 11 is 0. The molecule has 1 unspecified atom stereocenters. The first-order valence-corrected chi connectivity index (χ1v) is 5.84. The number of hydrazine groups is 1. The molecular formula is C14H19N3. The van der Waals surface area contributed by atoms with Crippen molar-refractivity contribution in [3.05, 3.63) is 42.1 Å². The van der Waals surface area contributed by atoms with Crippen LogP contribution in [-0.2, 0) is 0 Å². The number of pyridine rings is 1. The topological polar surface area (TPSA) is 50.9 Å². The van der Waals surface area contributed by atoms with E-state index < -0.39 is 0 Å². The summed E-state index contributed by atoms with van der Waals surface area (Å²) in [5.74, 6) is 5.70. The molecule has 0 saturated heterocycles. The molecule has 1 heterocycles. The van der Waals surface area contributed by atoms with Crippen LogP contribution in [0, 0.1) is 5.41 Å². The SMILES string of the molecule is CC(C)(C)C(NN)c1cccc2cccnc12. The average molecular weight is 229 g/mol. The van der Waals surface area contributed by atoms with Gasteiger partial charge in [-0.25, -0.2) is 0 Å². The number of hydrogen-bond donors (Lipinski definition) is 2. The van der Waals surface area contributed by atoms with Gasteiger partial charge in [0.1, 0.15) is 0 Å². The van der Waals surface area contributed by atoms with Crippen LogP contribution in [-0.4, -0.2) is 4.98 Å². The minimum absolute atomic E-state index is 0.0422. The van der Waals surface area contributed by atoms with Crippen LogP contribution < -0.4 is 11.3 Å². The molecule has 3 N–H and O–H groups in total. The van der Waals surface area contributed by atoms with Gasteiger partial charge in [-0.1, -0.05) is 45.0 Å². The fourth-order valence-electron chi connectivity index (χ4n) is 2.17. The molecule has 0 amide bonds. The molecule has 0 saturated carbocycles. The number of nitrogens with one attached hydrogen (secondary N) is 1. The zero-order valence-corrected chi connectivity index (χ0v) is 10.6. The number of benzene rings is 1. The summed E-state index contributed by atoms with van der Waals surface area (Å²) in [6, 6.07) is 10.3. The van der Waals surface area contributed by atoms with Crippen molar-refractivity contribution in [3.8, 4) is 0 Å². The van der Waals surface area contributed by atoms with Crippen molar-refractivity contribution in [1.82, 2.24) is 10.4 Å². The first kappa shape index (κ1) is 12.0. The first-order chi connectivity index (χ1) is 8.04. The van der Waals surface area contributed by atoms with Gasteiger partial charge in [-0.3, -0.25) is 16.3 Å². The summed E-state index contributed by atoms with van der Waals surface area (Å²) in [6.07, 6.45) is 1.82. The van der Waals surface area contributed by atoms with Crippen molar-refractivity contribution in [2.45, 2.75) is 26.8 Å². The van der Waals surface area contributed by atoms with Crippen molar-refractivity contribution in [2.24, 2.45) is 11.3 Å². The second-order valence-electron chi connectivity index (χ2n) is 5.39. The van der Waals surface area contributed by atoms with Gasteiger partial charge >= 0.3 is 0 Å². The van der Waals surface area contributed by atoms with E-state index in [4.69, 9.17) is 5.84 Å². The second-order valence-corrected chi connectivity index (χ2v) is 5.39. The third kappa shape index (κ3) is 2.30. The molecular weight excluding hydrogens is 210 g/mol. The Morgan fingerprint density at radius 1 is 1.18 bits per heavy atom. The Kier molecular flexibility index (Phi) is 3.13. The number of para-hydroxylation sites is 1. The van der Waals surface area contributed by atoms with Crippen molar-refractivity contribution in [3.63, 3.8) is 0 Å². The number of hydrogen-bond acceptors (Lipinski definition) is 3. The van der Waals surface area contributed by atoms with Crippen molar-refractivity contribution in [1.29, 1.82) is 0 Å². The Morgan fingerprint density at radius 3 is 2.53 bits per heavy atom. The Labute approximate surface area is 102 Å². The maximum atomic E-state index is 5.70. The lowest BCUT2D eigenvalue weighted by Crippen LogP contribution is -2.37. The molecule has 1 atom stereocenters. The van der Waals surface area contributed by atoms with Gasteiger partial charge in [0.05, 0.1) is 11.6 Å². The number of fused-ring (bicyclic) bond motifs is 1. The Bertz CT molecular complexity index is 509. The highest BCUT2D eigenvalue weighted by atomic mass is 15.2. The molecule has 0 aliphatic heterocycles. The minimum atomic E-state index is 0.0422. The lowest BCUT2D eigenvalue weighted by molar-refractivity contribution is 0.277. The van der Waals surface area contributed by atoms with Crippen LogP contribution in [0.25, 0.3) is 10.9 Å². The molecule has 0 aliphatic carbocycles. The van der Waals surface area contributed by atoms with Gasteiger partial charge in [-0.05, 0) is 17.0 Å². The van der Waals surface area contributed by atoms with Crippen LogP contribution in [0.4, 0.5) is 0 Å². The van der Waals surface area contributed by atoms with E-state index in [1.165, 1.54) is 0 Å². The fraction of sp³-hybridized carbons (Fsp3) is 0.357. The molecule has 0 spiro atoms. The van der Waals surface area contributed by atoms with Gasteiger partial charge in [0.25, 0.3) is 0 Å². The number of rotatable bonds is 2. The van der Waals surface area contributed by atoms with Crippen LogP contribution in [0.3, 0.4) is 0 Å². The molecule has 2 rings (SSSR count). The summed E-state index contributed by atoms with van der Waals surface area (Å²) < 4.78 is 0. The van der Waals surface area contributed by atoms with Gasteiger partial charge in [-0.15, -0.1) is 0 Å². The monoisotopic (exact) mass is 229 g/mol. The van der Waals surface area contributed by atoms with Crippen molar-refractivity contribution < 1.29 is 0 Å². The standard InChI is InChI=1S/C14H19N3/c1-14(2,3)13(17-15)11-8-4-6-10-7-5-9-16-12(10)11/h4-9,13,17H,15H2,1-3H3. The summed E-state index contributed by atoms with van der Waals surface area (Å²) in [6.45, 7) is 6.50. The lowest BCUT2D eigenvalue weighted by Gasteiger charge is -2.30. The van der Waals surface area contributed by atoms with E-state index in [0.717, 1.165) is 16.5 Å². The van der Waals surface area contributed by atoms with E-state index in [1.54, 1.807) is 0 Å².